The summed E-state index contributed by atoms with van der Waals surface area (Å²) < 4.78 is 37.9. The topological polar surface area (TPSA) is 27.6 Å². The molecule has 0 aliphatic carbocycles. The number of alkyl halides is 3. The highest BCUT2D eigenvalue weighted by Gasteiger charge is 2.31. The van der Waals surface area contributed by atoms with Crippen molar-refractivity contribution in [3.05, 3.63) is 29.8 Å². The van der Waals surface area contributed by atoms with Crippen LogP contribution in [0.1, 0.15) is 25.3 Å². The maximum Gasteiger partial charge on any atom is 0.416 e. The van der Waals surface area contributed by atoms with Crippen molar-refractivity contribution in [3.63, 3.8) is 0 Å². The minimum atomic E-state index is -4.31. The van der Waals surface area contributed by atoms with Gasteiger partial charge in [0.25, 0.3) is 0 Å². The van der Waals surface area contributed by atoms with E-state index in [0.29, 0.717) is 12.2 Å². The first-order chi connectivity index (χ1) is 9.00. The second kappa shape index (κ2) is 5.50. The van der Waals surface area contributed by atoms with Gasteiger partial charge in [-0.1, -0.05) is 13.0 Å². The van der Waals surface area contributed by atoms with E-state index in [1.807, 2.05) is 6.92 Å². The third kappa shape index (κ3) is 3.39. The summed E-state index contributed by atoms with van der Waals surface area (Å²) in [5.74, 6) is 0.833. The Morgan fingerprint density at radius 1 is 1.37 bits per heavy atom. The van der Waals surface area contributed by atoms with E-state index in [4.69, 9.17) is 0 Å². The number of benzene rings is 1. The molecule has 1 aliphatic rings. The van der Waals surface area contributed by atoms with Gasteiger partial charge in [0, 0.05) is 19.5 Å². The number of anilines is 1. The van der Waals surface area contributed by atoms with Crippen molar-refractivity contribution in [1.82, 2.24) is 5.43 Å². The van der Waals surface area contributed by atoms with E-state index in [1.165, 1.54) is 6.07 Å². The fourth-order valence-electron chi connectivity index (χ4n) is 1.89. The average Bonchev–Trinajstić information content (AvgIpc) is 2.84. The summed E-state index contributed by atoms with van der Waals surface area (Å²) in [5.41, 5.74) is 2.91. The van der Waals surface area contributed by atoms with Crippen LogP contribution in [0.2, 0.25) is 0 Å². The molecule has 1 fully saturated rings. The van der Waals surface area contributed by atoms with Gasteiger partial charge >= 0.3 is 6.18 Å². The fourth-order valence-corrected chi connectivity index (χ4v) is 1.89. The number of nitrogens with zero attached hydrogens (tertiary/aromatic N) is 2. The Labute approximate surface area is 110 Å². The lowest BCUT2D eigenvalue weighted by molar-refractivity contribution is -0.137. The van der Waals surface area contributed by atoms with Crippen LogP contribution in [0, 0.1) is 0 Å². The second-order valence-corrected chi connectivity index (χ2v) is 4.39. The number of hydrogen-bond acceptors (Lipinski definition) is 2. The number of hydrogen-bond donors (Lipinski definition) is 1. The minimum Gasteiger partial charge on any atom is -0.286 e. The molecule has 1 aliphatic heterocycles. The summed E-state index contributed by atoms with van der Waals surface area (Å²) in [7, 11) is 0. The maximum atomic E-state index is 12.6. The molecule has 1 heterocycles. The molecule has 1 saturated heterocycles. The molecule has 19 heavy (non-hydrogen) atoms. The predicted molar refractivity (Wildman–Crippen MR) is 69.1 cm³/mol. The smallest absolute Gasteiger partial charge is 0.286 e. The monoisotopic (exact) mass is 271 g/mol. The molecule has 104 valence electrons. The molecule has 1 N–H and O–H groups in total. The van der Waals surface area contributed by atoms with Crippen LogP contribution in [0.4, 0.5) is 18.9 Å². The van der Waals surface area contributed by atoms with Gasteiger partial charge in [-0.15, -0.1) is 0 Å². The molecule has 2 rings (SSSR count). The first-order valence-electron chi connectivity index (χ1n) is 6.25. The maximum absolute atomic E-state index is 12.6. The van der Waals surface area contributed by atoms with Crippen molar-refractivity contribution in [2.45, 2.75) is 25.9 Å². The molecule has 0 spiro atoms. The van der Waals surface area contributed by atoms with Crippen LogP contribution in [0.3, 0.4) is 0 Å². The standard InChI is InChI=1S/C13H16F3N3/c1-2-7-17-12-6-8-19(18-12)11-5-3-4-10(9-11)13(14,15)16/h3-5,9H,2,6-8H2,1H3,(H,17,18). The van der Waals surface area contributed by atoms with Crippen molar-refractivity contribution in [2.75, 3.05) is 18.1 Å². The Morgan fingerprint density at radius 2 is 2.16 bits per heavy atom. The molecular weight excluding hydrogens is 255 g/mol. The quantitative estimate of drug-likeness (QED) is 0.914. The summed E-state index contributed by atoms with van der Waals surface area (Å²) in [4.78, 5) is 4.33. The largest absolute Gasteiger partial charge is 0.416 e. The fraction of sp³-hybridized carbons (Fsp3) is 0.462. The number of hydrazine groups is 1. The van der Waals surface area contributed by atoms with Crippen LogP contribution >= 0.6 is 0 Å². The van der Waals surface area contributed by atoms with Gasteiger partial charge in [0.05, 0.1) is 11.3 Å². The first kappa shape index (κ1) is 13.7. The van der Waals surface area contributed by atoms with Crippen LogP contribution in [0.25, 0.3) is 0 Å². The lowest BCUT2D eigenvalue weighted by atomic mass is 10.2. The van der Waals surface area contributed by atoms with Gasteiger partial charge in [-0.25, -0.2) is 0 Å². The zero-order valence-corrected chi connectivity index (χ0v) is 10.7. The van der Waals surface area contributed by atoms with Crippen molar-refractivity contribution in [2.24, 2.45) is 4.99 Å². The van der Waals surface area contributed by atoms with Crippen molar-refractivity contribution in [1.29, 1.82) is 0 Å². The SMILES string of the molecule is CCCN=C1CCN(c2cccc(C(F)(F)F)c2)N1. The molecule has 0 unspecified atom stereocenters. The third-order valence-electron chi connectivity index (χ3n) is 2.85. The Balaban J connectivity index is 2.12. The molecule has 0 saturated carbocycles. The van der Waals surface area contributed by atoms with Crippen LogP contribution in [0.15, 0.2) is 29.3 Å². The van der Waals surface area contributed by atoms with Gasteiger partial charge in [-0.3, -0.25) is 15.4 Å². The van der Waals surface area contributed by atoms with Crippen molar-refractivity contribution < 1.29 is 13.2 Å². The normalized spacial score (nSPS) is 17.9. The summed E-state index contributed by atoms with van der Waals surface area (Å²) in [6.45, 7) is 3.40. The van der Waals surface area contributed by atoms with Crippen LogP contribution in [-0.2, 0) is 6.18 Å². The second-order valence-electron chi connectivity index (χ2n) is 4.39. The van der Waals surface area contributed by atoms with Gasteiger partial charge < -0.3 is 0 Å². The van der Waals surface area contributed by atoms with E-state index in [2.05, 4.69) is 10.4 Å². The Kier molecular flexibility index (Phi) is 3.97. The number of halogens is 3. The van der Waals surface area contributed by atoms with Crippen LogP contribution in [0.5, 0.6) is 0 Å². The Morgan fingerprint density at radius 3 is 2.84 bits per heavy atom. The molecule has 0 bridgehead atoms. The summed E-state index contributed by atoms with van der Waals surface area (Å²) in [6, 6.07) is 5.30. The van der Waals surface area contributed by atoms with Gasteiger partial charge in [-0.05, 0) is 24.6 Å². The van der Waals surface area contributed by atoms with E-state index < -0.39 is 11.7 Å². The highest BCUT2D eigenvalue weighted by molar-refractivity contribution is 5.86. The number of nitrogens with one attached hydrogen (secondary N) is 1. The average molecular weight is 271 g/mol. The van der Waals surface area contributed by atoms with Gasteiger partial charge in [-0.2, -0.15) is 13.2 Å². The summed E-state index contributed by atoms with van der Waals surface area (Å²) in [6.07, 6.45) is -2.63. The van der Waals surface area contributed by atoms with Gasteiger partial charge in [0.2, 0.25) is 0 Å². The molecule has 1 aromatic carbocycles. The van der Waals surface area contributed by atoms with Gasteiger partial charge in [0.1, 0.15) is 5.84 Å². The highest BCUT2D eigenvalue weighted by Crippen LogP contribution is 2.31. The molecule has 0 radical (unpaired) electrons. The third-order valence-corrected chi connectivity index (χ3v) is 2.85. The minimum absolute atomic E-state index is 0.511. The molecule has 0 atom stereocenters. The molecule has 0 amide bonds. The van der Waals surface area contributed by atoms with Crippen LogP contribution < -0.4 is 10.4 Å². The van der Waals surface area contributed by atoms with Crippen molar-refractivity contribution in [3.8, 4) is 0 Å². The number of amidine groups is 1. The van der Waals surface area contributed by atoms with E-state index in [-0.39, 0.29) is 0 Å². The van der Waals surface area contributed by atoms with Gasteiger partial charge in [0.15, 0.2) is 0 Å². The van der Waals surface area contributed by atoms with E-state index >= 15 is 0 Å². The Bertz CT molecular complexity index is 468. The predicted octanol–water partition coefficient (Wildman–Crippen LogP) is 3.23. The zero-order chi connectivity index (χ0) is 13.9. The van der Waals surface area contributed by atoms with Crippen molar-refractivity contribution >= 4 is 11.5 Å². The summed E-state index contributed by atoms with van der Waals surface area (Å²) in [5, 5.41) is 1.70. The molecule has 1 aromatic rings. The lowest BCUT2D eigenvalue weighted by Crippen LogP contribution is -2.33. The molecule has 6 heteroatoms. The highest BCUT2D eigenvalue weighted by atomic mass is 19.4. The molecule has 0 aromatic heterocycles. The van der Waals surface area contributed by atoms with E-state index in [1.54, 1.807) is 11.1 Å². The van der Waals surface area contributed by atoms with Crippen LogP contribution in [-0.4, -0.2) is 18.9 Å². The summed E-state index contributed by atoms with van der Waals surface area (Å²) >= 11 is 0. The zero-order valence-electron chi connectivity index (χ0n) is 10.7. The number of rotatable bonds is 3. The molecule has 3 nitrogen and oxygen atoms in total. The van der Waals surface area contributed by atoms with E-state index in [0.717, 1.165) is 37.4 Å². The lowest BCUT2D eigenvalue weighted by Gasteiger charge is -2.19. The van der Waals surface area contributed by atoms with E-state index in [9.17, 15) is 13.2 Å². The molecular formula is C13H16F3N3. The Hall–Kier alpha value is -1.72. The first-order valence-corrected chi connectivity index (χ1v) is 6.25. The number of aliphatic imine (C=N–C) groups is 1.